The first kappa shape index (κ1) is 7.30. The van der Waals surface area contributed by atoms with Gasteiger partial charge in [-0.05, 0) is 0 Å². The summed E-state index contributed by atoms with van der Waals surface area (Å²) >= 11 is 1.26. The lowest BCUT2D eigenvalue weighted by atomic mass is 10.8. The van der Waals surface area contributed by atoms with E-state index in [0.717, 1.165) is 0 Å². The van der Waals surface area contributed by atoms with E-state index < -0.39 is 0 Å². The van der Waals surface area contributed by atoms with Crippen molar-refractivity contribution in [3.8, 4) is 5.19 Å². The van der Waals surface area contributed by atoms with Crippen molar-refractivity contribution in [3.63, 3.8) is 0 Å². The second-order valence-electron chi connectivity index (χ2n) is 1.60. The van der Waals surface area contributed by atoms with Crippen LogP contribution in [-0.4, -0.2) is 23.3 Å². The fraction of sp³-hybridized carbons (Fsp3) is 0.400. The van der Waals surface area contributed by atoms with E-state index in [1.165, 1.54) is 17.5 Å². The van der Waals surface area contributed by atoms with Gasteiger partial charge in [0.05, 0.1) is 12.8 Å². The Bertz CT molecular complexity index is 201. The van der Waals surface area contributed by atoms with E-state index >= 15 is 0 Å². The van der Waals surface area contributed by atoms with Crippen molar-refractivity contribution in [2.75, 3.05) is 18.9 Å². The number of hydrogen-bond acceptors (Lipinski definition) is 5. The van der Waals surface area contributed by atoms with Gasteiger partial charge in [-0.1, -0.05) is 11.3 Å². The van der Waals surface area contributed by atoms with Gasteiger partial charge in [0.25, 0.3) is 5.19 Å². The van der Waals surface area contributed by atoms with E-state index in [4.69, 9.17) is 15.6 Å². The minimum Gasteiger partial charge on any atom is -0.468 e. The molecule has 56 valence electrons. The number of ether oxygens (including phenoxy) is 1. The fourth-order valence-corrected chi connectivity index (χ4v) is 1.02. The van der Waals surface area contributed by atoms with E-state index in [2.05, 4.69) is 4.98 Å². The third-order valence-electron chi connectivity index (χ3n) is 0.819. The lowest BCUT2D eigenvalue weighted by Crippen LogP contribution is -2.00. The van der Waals surface area contributed by atoms with E-state index in [-0.39, 0.29) is 13.2 Å². The van der Waals surface area contributed by atoms with Crippen LogP contribution in [0.25, 0.3) is 0 Å². The average Bonchev–Trinajstić information content (AvgIpc) is 2.31. The number of aliphatic hydroxyl groups excluding tert-OH is 1. The monoisotopic (exact) mass is 160 g/mol. The van der Waals surface area contributed by atoms with Crippen molar-refractivity contribution in [2.24, 2.45) is 0 Å². The molecule has 0 aliphatic heterocycles. The molecule has 0 radical (unpaired) electrons. The summed E-state index contributed by atoms with van der Waals surface area (Å²) in [5.41, 5.74) is 5.36. The van der Waals surface area contributed by atoms with Gasteiger partial charge in [0, 0.05) is 0 Å². The predicted molar refractivity (Wildman–Crippen MR) is 39.1 cm³/mol. The number of nitrogen functional groups attached to an aromatic ring is 1. The first-order chi connectivity index (χ1) is 4.83. The first-order valence-electron chi connectivity index (χ1n) is 2.78. The predicted octanol–water partition coefficient (Wildman–Crippen LogP) is 0.0964. The maximum absolute atomic E-state index is 8.35. The van der Waals surface area contributed by atoms with Gasteiger partial charge in [-0.15, -0.1) is 0 Å². The molecule has 5 heteroatoms. The SMILES string of the molecule is Nc1cnc(OCCO)s1. The molecule has 10 heavy (non-hydrogen) atoms. The van der Waals surface area contributed by atoms with E-state index in [1.54, 1.807) is 0 Å². The molecule has 0 aliphatic rings. The molecule has 0 fully saturated rings. The van der Waals surface area contributed by atoms with Crippen LogP contribution in [0.1, 0.15) is 0 Å². The van der Waals surface area contributed by atoms with Crippen molar-refractivity contribution < 1.29 is 9.84 Å². The van der Waals surface area contributed by atoms with Crippen LogP contribution in [0.15, 0.2) is 6.20 Å². The van der Waals surface area contributed by atoms with Crippen LogP contribution >= 0.6 is 11.3 Å². The summed E-state index contributed by atoms with van der Waals surface area (Å²) in [4.78, 5) is 3.81. The molecule has 0 atom stereocenters. The van der Waals surface area contributed by atoms with Gasteiger partial charge in [0.2, 0.25) is 0 Å². The van der Waals surface area contributed by atoms with Crippen LogP contribution < -0.4 is 10.5 Å². The molecule has 0 aromatic carbocycles. The zero-order chi connectivity index (χ0) is 7.40. The lowest BCUT2D eigenvalue weighted by molar-refractivity contribution is 0.201. The number of hydrogen-bond donors (Lipinski definition) is 2. The highest BCUT2D eigenvalue weighted by Gasteiger charge is 1.97. The van der Waals surface area contributed by atoms with Gasteiger partial charge in [0.1, 0.15) is 11.6 Å². The highest BCUT2D eigenvalue weighted by atomic mass is 32.1. The number of thiazole rings is 1. The van der Waals surface area contributed by atoms with E-state index in [9.17, 15) is 0 Å². The van der Waals surface area contributed by atoms with Crippen LogP contribution in [0, 0.1) is 0 Å². The summed E-state index contributed by atoms with van der Waals surface area (Å²) < 4.78 is 4.95. The van der Waals surface area contributed by atoms with Crippen LogP contribution in [0.3, 0.4) is 0 Å². The number of anilines is 1. The Balaban J connectivity index is 2.42. The first-order valence-corrected chi connectivity index (χ1v) is 3.59. The normalized spacial score (nSPS) is 9.70. The maximum atomic E-state index is 8.35. The van der Waals surface area contributed by atoms with Crippen LogP contribution in [0.4, 0.5) is 5.00 Å². The van der Waals surface area contributed by atoms with E-state index in [1.807, 2.05) is 0 Å². The standard InChI is InChI=1S/C5H8N2O2S/c6-4-3-7-5(10-4)9-2-1-8/h3,8H,1-2,6H2. The molecule has 0 bridgehead atoms. The van der Waals surface area contributed by atoms with Crippen LogP contribution in [0.2, 0.25) is 0 Å². The van der Waals surface area contributed by atoms with Crippen LogP contribution in [-0.2, 0) is 0 Å². The molecule has 0 unspecified atom stereocenters. The topological polar surface area (TPSA) is 68.4 Å². The van der Waals surface area contributed by atoms with Crippen molar-refractivity contribution in [3.05, 3.63) is 6.20 Å². The van der Waals surface area contributed by atoms with Crippen molar-refractivity contribution in [2.45, 2.75) is 0 Å². The van der Waals surface area contributed by atoms with Gasteiger partial charge < -0.3 is 15.6 Å². The molecular formula is C5H8N2O2S. The zero-order valence-corrected chi connectivity index (χ0v) is 6.10. The molecule has 3 N–H and O–H groups in total. The third kappa shape index (κ3) is 1.85. The molecule has 1 rings (SSSR count). The van der Waals surface area contributed by atoms with Gasteiger partial charge >= 0.3 is 0 Å². The van der Waals surface area contributed by atoms with Crippen molar-refractivity contribution in [1.29, 1.82) is 0 Å². The summed E-state index contributed by atoms with van der Waals surface area (Å²) in [7, 11) is 0. The second kappa shape index (κ2) is 3.38. The molecule has 0 saturated heterocycles. The fourth-order valence-electron chi connectivity index (χ4n) is 0.470. The summed E-state index contributed by atoms with van der Waals surface area (Å²) in [5, 5.41) is 9.48. The van der Waals surface area contributed by atoms with Gasteiger partial charge in [-0.25, -0.2) is 4.98 Å². The van der Waals surface area contributed by atoms with Gasteiger partial charge in [0.15, 0.2) is 0 Å². The smallest absolute Gasteiger partial charge is 0.275 e. The average molecular weight is 160 g/mol. The van der Waals surface area contributed by atoms with Crippen molar-refractivity contribution in [1.82, 2.24) is 4.98 Å². The Kier molecular flexibility index (Phi) is 2.47. The van der Waals surface area contributed by atoms with Crippen molar-refractivity contribution >= 4 is 16.3 Å². The Hall–Kier alpha value is -0.810. The molecule has 1 heterocycles. The third-order valence-corrected chi connectivity index (χ3v) is 1.56. The minimum atomic E-state index is -0.000511. The summed E-state index contributed by atoms with van der Waals surface area (Å²) in [6.07, 6.45) is 1.53. The highest BCUT2D eigenvalue weighted by molar-refractivity contribution is 7.17. The molecule has 1 aromatic rings. The molecule has 0 saturated carbocycles. The summed E-state index contributed by atoms with van der Waals surface area (Å²) in [6, 6.07) is 0. The number of aliphatic hydroxyl groups is 1. The largest absolute Gasteiger partial charge is 0.468 e. The maximum Gasteiger partial charge on any atom is 0.275 e. The van der Waals surface area contributed by atoms with E-state index in [0.29, 0.717) is 10.2 Å². The Labute approximate surface area is 62.3 Å². The van der Waals surface area contributed by atoms with Crippen LogP contribution in [0.5, 0.6) is 5.19 Å². The molecule has 0 amide bonds. The lowest BCUT2D eigenvalue weighted by Gasteiger charge is -1.95. The number of rotatable bonds is 3. The van der Waals surface area contributed by atoms with Gasteiger partial charge in [-0.3, -0.25) is 0 Å². The Morgan fingerprint density at radius 3 is 3.10 bits per heavy atom. The summed E-state index contributed by atoms with van der Waals surface area (Å²) in [5.74, 6) is 0. The number of aromatic nitrogens is 1. The van der Waals surface area contributed by atoms with Gasteiger partial charge in [-0.2, -0.15) is 0 Å². The number of nitrogens with two attached hydrogens (primary N) is 1. The highest BCUT2D eigenvalue weighted by Crippen LogP contribution is 2.21. The molecule has 1 aromatic heterocycles. The Morgan fingerprint density at radius 1 is 1.80 bits per heavy atom. The second-order valence-corrected chi connectivity index (χ2v) is 2.63. The molecule has 0 aliphatic carbocycles. The zero-order valence-electron chi connectivity index (χ0n) is 5.28. The molecule has 4 nitrogen and oxygen atoms in total. The molecule has 0 spiro atoms. The minimum absolute atomic E-state index is 0.000511. The number of nitrogens with zero attached hydrogens (tertiary/aromatic N) is 1. The Morgan fingerprint density at radius 2 is 2.60 bits per heavy atom. The summed E-state index contributed by atoms with van der Waals surface area (Å²) in [6.45, 7) is 0.270. The molecular weight excluding hydrogens is 152 g/mol. The quantitative estimate of drug-likeness (QED) is 0.657.